The van der Waals surface area contributed by atoms with Crippen LogP contribution < -0.4 is 0 Å². The molecule has 2 rings (SSSR count). The zero-order valence-corrected chi connectivity index (χ0v) is 12.7. The maximum absolute atomic E-state index is 14.0. The normalized spacial score (nSPS) is 29.1. The standard InChI is InChI=1S/C14H16BrFO3/c1-4-14(12(17)18-5-2)13(3,19-14)10-8-9(15)6-7-11(10)16/h6-8H,4-5H2,1-3H3. The van der Waals surface area contributed by atoms with E-state index < -0.39 is 17.2 Å². The highest BCUT2D eigenvalue weighted by atomic mass is 79.9. The summed E-state index contributed by atoms with van der Waals surface area (Å²) in [5.41, 5.74) is -1.68. The average molecular weight is 331 g/mol. The third kappa shape index (κ3) is 2.09. The van der Waals surface area contributed by atoms with Gasteiger partial charge in [0.1, 0.15) is 11.4 Å². The number of carbonyl (C=O) groups is 1. The third-order valence-corrected chi connectivity index (χ3v) is 4.15. The third-order valence-electron chi connectivity index (χ3n) is 3.65. The van der Waals surface area contributed by atoms with Crippen molar-refractivity contribution in [3.8, 4) is 0 Å². The van der Waals surface area contributed by atoms with Gasteiger partial charge in [0, 0.05) is 10.0 Å². The molecule has 2 atom stereocenters. The molecule has 0 aromatic heterocycles. The van der Waals surface area contributed by atoms with Crippen molar-refractivity contribution >= 4 is 21.9 Å². The van der Waals surface area contributed by atoms with E-state index in [2.05, 4.69) is 15.9 Å². The molecule has 1 saturated heterocycles. The number of carbonyl (C=O) groups excluding carboxylic acids is 1. The van der Waals surface area contributed by atoms with Gasteiger partial charge in [-0.25, -0.2) is 9.18 Å². The molecule has 0 saturated carbocycles. The zero-order chi connectivity index (χ0) is 14.3. The Morgan fingerprint density at radius 2 is 2.16 bits per heavy atom. The van der Waals surface area contributed by atoms with Crippen molar-refractivity contribution in [1.82, 2.24) is 0 Å². The maximum atomic E-state index is 14.0. The molecule has 1 heterocycles. The van der Waals surface area contributed by atoms with E-state index in [1.165, 1.54) is 6.07 Å². The largest absolute Gasteiger partial charge is 0.464 e. The molecule has 0 radical (unpaired) electrons. The van der Waals surface area contributed by atoms with Gasteiger partial charge in [0.2, 0.25) is 0 Å². The minimum atomic E-state index is -1.08. The molecule has 0 N–H and O–H groups in total. The molecule has 0 amide bonds. The Labute approximate surface area is 120 Å². The van der Waals surface area contributed by atoms with Crippen LogP contribution in [-0.2, 0) is 19.9 Å². The molecule has 0 spiro atoms. The predicted octanol–water partition coefficient (Wildman–Crippen LogP) is 3.55. The Hall–Kier alpha value is -0.940. The first kappa shape index (κ1) is 14.5. The van der Waals surface area contributed by atoms with E-state index in [1.807, 2.05) is 6.92 Å². The zero-order valence-electron chi connectivity index (χ0n) is 11.1. The highest BCUT2D eigenvalue weighted by Crippen LogP contribution is 2.58. The van der Waals surface area contributed by atoms with E-state index in [4.69, 9.17) is 9.47 Å². The van der Waals surface area contributed by atoms with Gasteiger partial charge in [0.05, 0.1) is 6.61 Å². The Kier molecular flexibility index (Phi) is 3.71. The quantitative estimate of drug-likeness (QED) is 0.626. The number of ether oxygens (including phenoxy) is 2. The van der Waals surface area contributed by atoms with E-state index >= 15 is 0 Å². The molecule has 2 unspecified atom stereocenters. The van der Waals surface area contributed by atoms with E-state index in [9.17, 15) is 9.18 Å². The number of esters is 1. The summed E-state index contributed by atoms with van der Waals surface area (Å²) in [5.74, 6) is -0.815. The van der Waals surface area contributed by atoms with E-state index in [1.54, 1.807) is 26.0 Å². The Morgan fingerprint density at radius 3 is 2.74 bits per heavy atom. The van der Waals surface area contributed by atoms with Gasteiger partial charge in [0.25, 0.3) is 0 Å². The van der Waals surface area contributed by atoms with Gasteiger partial charge >= 0.3 is 5.97 Å². The van der Waals surface area contributed by atoms with Crippen molar-refractivity contribution in [3.63, 3.8) is 0 Å². The second-order valence-electron chi connectivity index (χ2n) is 4.66. The first-order valence-corrected chi connectivity index (χ1v) is 7.03. The van der Waals surface area contributed by atoms with Crippen LogP contribution in [0.1, 0.15) is 32.8 Å². The Balaban J connectivity index is 2.40. The van der Waals surface area contributed by atoms with Crippen LogP contribution in [0.25, 0.3) is 0 Å². The maximum Gasteiger partial charge on any atom is 0.341 e. The van der Waals surface area contributed by atoms with Gasteiger partial charge in [-0.3, -0.25) is 0 Å². The van der Waals surface area contributed by atoms with Crippen molar-refractivity contribution in [1.29, 1.82) is 0 Å². The van der Waals surface area contributed by atoms with Gasteiger partial charge in [-0.2, -0.15) is 0 Å². The van der Waals surface area contributed by atoms with Crippen LogP contribution in [-0.4, -0.2) is 18.2 Å². The van der Waals surface area contributed by atoms with Gasteiger partial charge in [-0.05, 0) is 38.5 Å². The highest BCUT2D eigenvalue weighted by Gasteiger charge is 2.73. The van der Waals surface area contributed by atoms with E-state index in [0.29, 0.717) is 12.0 Å². The summed E-state index contributed by atoms with van der Waals surface area (Å²) < 4.78 is 25.4. The molecular weight excluding hydrogens is 315 g/mol. The first-order valence-electron chi connectivity index (χ1n) is 6.24. The van der Waals surface area contributed by atoms with Crippen molar-refractivity contribution < 1.29 is 18.7 Å². The molecule has 5 heteroatoms. The molecule has 1 aliphatic rings. The number of rotatable bonds is 4. The van der Waals surface area contributed by atoms with Gasteiger partial charge < -0.3 is 9.47 Å². The van der Waals surface area contributed by atoms with Crippen molar-refractivity contribution in [2.75, 3.05) is 6.61 Å². The molecule has 1 aromatic rings. The lowest BCUT2D eigenvalue weighted by atomic mass is 9.85. The fourth-order valence-electron chi connectivity index (χ4n) is 2.50. The fraction of sp³-hybridized carbons (Fsp3) is 0.500. The van der Waals surface area contributed by atoms with Crippen molar-refractivity contribution in [2.45, 2.75) is 38.4 Å². The molecule has 3 nitrogen and oxygen atoms in total. The van der Waals surface area contributed by atoms with Gasteiger partial charge in [-0.1, -0.05) is 22.9 Å². The summed E-state index contributed by atoms with van der Waals surface area (Å²) >= 11 is 3.31. The minimum absolute atomic E-state index is 0.279. The van der Waals surface area contributed by atoms with Crippen LogP contribution in [0.15, 0.2) is 22.7 Å². The average Bonchev–Trinajstić information content (AvgIpc) is 3.01. The molecule has 104 valence electrons. The summed E-state index contributed by atoms with van der Waals surface area (Å²) in [5, 5.41) is 0. The lowest BCUT2D eigenvalue weighted by molar-refractivity contribution is -0.149. The van der Waals surface area contributed by atoms with Crippen molar-refractivity contribution in [2.24, 2.45) is 0 Å². The lowest BCUT2D eigenvalue weighted by Crippen LogP contribution is -2.33. The monoisotopic (exact) mass is 330 g/mol. The molecule has 19 heavy (non-hydrogen) atoms. The number of hydrogen-bond donors (Lipinski definition) is 0. The number of epoxide rings is 1. The van der Waals surface area contributed by atoms with E-state index in [0.717, 1.165) is 4.47 Å². The predicted molar refractivity (Wildman–Crippen MR) is 72.2 cm³/mol. The second kappa shape index (κ2) is 4.87. The first-order chi connectivity index (χ1) is 8.91. The minimum Gasteiger partial charge on any atom is -0.464 e. The topological polar surface area (TPSA) is 38.8 Å². The van der Waals surface area contributed by atoms with Crippen LogP contribution in [0.3, 0.4) is 0 Å². The van der Waals surface area contributed by atoms with Gasteiger partial charge in [-0.15, -0.1) is 0 Å². The molecule has 0 bridgehead atoms. The molecular formula is C14H16BrFO3. The van der Waals surface area contributed by atoms with Crippen LogP contribution in [0.5, 0.6) is 0 Å². The summed E-state index contributed by atoms with van der Waals surface area (Å²) in [6.07, 6.45) is 0.439. The summed E-state index contributed by atoms with van der Waals surface area (Å²) in [6.45, 7) is 5.57. The van der Waals surface area contributed by atoms with Crippen molar-refractivity contribution in [3.05, 3.63) is 34.1 Å². The Morgan fingerprint density at radius 1 is 1.47 bits per heavy atom. The highest BCUT2D eigenvalue weighted by molar-refractivity contribution is 9.10. The SMILES string of the molecule is CCOC(=O)C1(CC)OC1(C)c1cc(Br)ccc1F. The fourth-order valence-corrected chi connectivity index (χ4v) is 2.86. The summed E-state index contributed by atoms with van der Waals surface area (Å²) in [4.78, 5) is 12.1. The summed E-state index contributed by atoms with van der Waals surface area (Å²) in [7, 11) is 0. The van der Waals surface area contributed by atoms with Crippen LogP contribution in [0.2, 0.25) is 0 Å². The molecule has 0 aliphatic carbocycles. The van der Waals surface area contributed by atoms with Crippen LogP contribution in [0.4, 0.5) is 4.39 Å². The van der Waals surface area contributed by atoms with Crippen LogP contribution >= 0.6 is 15.9 Å². The molecule has 1 aromatic carbocycles. The molecule has 1 fully saturated rings. The lowest BCUT2D eigenvalue weighted by Gasteiger charge is -2.15. The number of benzene rings is 1. The van der Waals surface area contributed by atoms with E-state index in [-0.39, 0.29) is 12.4 Å². The molecule has 1 aliphatic heterocycles. The Bertz CT molecular complexity index is 519. The number of halogens is 2. The smallest absolute Gasteiger partial charge is 0.341 e. The second-order valence-corrected chi connectivity index (χ2v) is 5.58. The summed E-state index contributed by atoms with van der Waals surface area (Å²) in [6, 6.07) is 4.62. The van der Waals surface area contributed by atoms with Crippen LogP contribution in [0, 0.1) is 5.82 Å². The van der Waals surface area contributed by atoms with Gasteiger partial charge in [0.15, 0.2) is 5.60 Å². The number of hydrogen-bond acceptors (Lipinski definition) is 3.